The molecule has 126 valence electrons. The van der Waals surface area contributed by atoms with Crippen LogP contribution >= 0.6 is 12.2 Å². The number of nitrogens with zero attached hydrogens (tertiary/aromatic N) is 3. The van der Waals surface area contributed by atoms with E-state index in [4.69, 9.17) is 29.9 Å². The second kappa shape index (κ2) is 7.15. The number of hydrogen-bond acceptors (Lipinski definition) is 3. The third-order valence-electron chi connectivity index (χ3n) is 4.05. The summed E-state index contributed by atoms with van der Waals surface area (Å²) in [6.45, 7) is 0. The summed E-state index contributed by atoms with van der Waals surface area (Å²) in [5, 5.41) is 4.87. The van der Waals surface area contributed by atoms with E-state index in [0.29, 0.717) is 10.0 Å². The second-order valence-electron chi connectivity index (χ2n) is 5.72. The van der Waals surface area contributed by atoms with Gasteiger partial charge >= 0.3 is 5.82 Å². The summed E-state index contributed by atoms with van der Waals surface area (Å²) in [5.41, 5.74) is 2.89. The Hall–Kier alpha value is -2.89. The van der Waals surface area contributed by atoms with Crippen molar-refractivity contribution in [3.63, 3.8) is 0 Å². The lowest BCUT2D eigenvalue weighted by Crippen LogP contribution is -2.38. The predicted molar refractivity (Wildman–Crippen MR) is 110 cm³/mol. The quantitative estimate of drug-likeness (QED) is 0.306. The number of hydrogen-bond donors (Lipinski definition) is 0. The van der Waals surface area contributed by atoms with E-state index in [-0.39, 0.29) is 0 Å². The van der Waals surface area contributed by atoms with Gasteiger partial charge in [-0.2, -0.15) is 4.57 Å². The lowest BCUT2D eigenvalue weighted by molar-refractivity contribution is -0.585. The molecule has 0 amide bonds. The molecule has 0 saturated carbocycles. The first-order chi connectivity index (χ1) is 12.8. The van der Waals surface area contributed by atoms with Gasteiger partial charge in [-0.3, -0.25) is 0 Å². The Morgan fingerprint density at radius 2 is 1.35 bits per heavy atom. The van der Waals surface area contributed by atoms with Gasteiger partial charge in [0.15, 0.2) is 0 Å². The van der Waals surface area contributed by atoms with Gasteiger partial charge in [0, 0.05) is 0 Å². The monoisotopic (exact) mass is 373 g/mol. The highest BCUT2D eigenvalue weighted by Gasteiger charge is 2.28. The van der Waals surface area contributed by atoms with Crippen LogP contribution in [-0.4, -0.2) is 14.0 Å². The van der Waals surface area contributed by atoms with Crippen LogP contribution in [0.3, 0.4) is 0 Å². The van der Waals surface area contributed by atoms with E-state index in [1.165, 1.54) is 0 Å². The molecule has 0 fully saturated rings. The van der Waals surface area contributed by atoms with Gasteiger partial charge in [-0.15, -0.1) is 0 Å². The first-order valence-electron chi connectivity index (χ1n) is 8.18. The van der Waals surface area contributed by atoms with Crippen LogP contribution in [0.1, 0.15) is 5.82 Å². The van der Waals surface area contributed by atoms with Crippen LogP contribution in [0, 0.1) is 0 Å². The maximum Gasteiger partial charge on any atom is 0.314 e. The van der Waals surface area contributed by atoms with Gasteiger partial charge in [0.2, 0.25) is 0 Å². The Bertz CT molecular complexity index is 1040. The molecule has 5 heteroatoms. The van der Waals surface area contributed by atoms with Gasteiger partial charge in [-0.1, -0.05) is 59.3 Å². The van der Waals surface area contributed by atoms with Crippen molar-refractivity contribution in [3.8, 4) is 22.8 Å². The van der Waals surface area contributed by atoms with Crippen LogP contribution in [0.5, 0.6) is 0 Å². The highest BCUT2D eigenvalue weighted by molar-refractivity contribution is 8.01. The molecule has 0 aliphatic heterocycles. The maximum atomic E-state index is 5.43. The van der Waals surface area contributed by atoms with Crippen molar-refractivity contribution in [1.29, 1.82) is 0 Å². The van der Waals surface area contributed by atoms with E-state index in [1.54, 1.807) is 0 Å². The molecule has 0 spiro atoms. The van der Waals surface area contributed by atoms with Gasteiger partial charge in [-0.25, -0.2) is 0 Å². The summed E-state index contributed by atoms with van der Waals surface area (Å²) in [7, 11) is 0. The minimum atomic E-state index is 0.368. The number of para-hydroxylation sites is 2. The average Bonchev–Trinajstić information content (AvgIpc) is 3.11. The van der Waals surface area contributed by atoms with E-state index in [9.17, 15) is 0 Å². The standard InChI is InChI=1S/C21H15N3S2/c25-21(26)20-23(17-12-6-2-7-13-17)19(16-10-4-1-5-11-16)22-24(20)18-14-8-3-9-15-18/h1-15H. The topological polar surface area (TPSA) is 21.7 Å². The Labute approximate surface area is 163 Å². The lowest BCUT2D eigenvalue weighted by Gasteiger charge is -2.08. The Kier molecular flexibility index (Phi) is 4.56. The number of thiocarbonyl (C=S) groups is 1. The molecule has 0 aliphatic carbocycles. The highest BCUT2D eigenvalue weighted by atomic mass is 32.1. The van der Waals surface area contributed by atoms with E-state index in [1.807, 2.05) is 100 Å². The molecular weight excluding hydrogens is 358 g/mol. The van der Waals surface area contributed by atoms with Crippen molar-refractivity contribution in [2.75, 3.05) is 0 Å². The summed E-state index contributed by atoms with van der Waals surface area (Å²) >= 11 is 10.9. The summed E-state index contributed by atoms with van der Waals surface area (Å²) in [6, 6.07) is 30.0. The normalized spacial score (nSPS) is 10.6. The highest BCUT2D eigenvalue weighted by Crippen LogP contribution is 2.19. The Morgan fingerprint density at radius 3 is 1.92 bits per heavy atom. The molecule has 3 nitrogen and oxygen atoms in total. The average molecular weight is 374 g/mol. The molecule has 0 saturated heterocycles. The first kappa shape index (κ1) is 16.6. The molecule has 0 aliphatic rings. The minimum Gasteiger partial charge on any atom is -0.422 e. The molecule has 4 aromatic rings. The van der Waals surface area contributed by atoms with E-state index in [0.717, 1.165) is 22.8 Å². The van der Waals surface area contributed by atoms with Gasteiger partial charge in [0.1, 0.15) is 11.4 Å². The third kappa shape index (κ3) is 3.03. The molecule has 0 unspecified atom stereocenters. The largest absolute Gasteiger partial charge is 0.422 e. The van der Waals surface area contributed by atoms with Gasteiger partial charge < -0.3 is 24.8 Å². The molecule has 0 N–H and O–H groups in total. The van der Waals surface area contributed by atoms with Crippen molar-refractivity contribution < 1.29 is 4.57 Å². The van der Waals surface area contributed by atoms with Crippen LogP contribution < -0.4 is 4.57 Å². The van der Waals surface area contributed by atoms with Gasteiger partial charge in [0.05, 0.1) is 10.7 Å². The summed E-state index contributed by atoms with van der Waals surface area (Å²) in [6.07, 6.45) is 0. The maximum absolute atomic E-state index is 5.43. The first-order valence-corrected chi connectivity index (χ1v) is 9.00. The number of rotatable bonds is 4. The smallest absolute Gasteiger partial charge is 0.314 e. The Balaban J connectivity index is 2.07. The van der Waals surface area contributed by atoms with E-state index >= 15 is 0 Å². The molecule has 0 radical (unpaired) electrons. The zero-order valence-corrected chi connectivity index (χ0v) is 15.5. The van der Waals surface area contributed by atoms with Crippen LogP contribution in [0.25, 0.3) is 22.8 Å². The molecule has 26 heavy (non-hydrogen) atoms. The van der Waals surface area contributed by atoms with Crippen LogP contribution in [0.2, 0.25) is 0 Å². The van der Waals surface area contributed by atoms with Crippen LogP contribution in [0.4, 0.5) is 0 Å². The summed E-state index contributed by atoms with van der Waals surface area (Å²) < 4.78 is 4.22. The van der Waals surface area contributed by atoms with E-state index in [2.05, 4.69) is 0 Å². The fraction of sp³-hybridized carbons (Fsp3) is 0. The summed E-state index contributed by atoms with van der Waals surface area (Å²) in [5.74, 6) is 1.49. The van der Waals surface area contributed by atoms with Gasteiger partial charge in [0.25, 0.3) is 5.82 Å². The molecule has 3 aromatic carbocycles. The van der Waals surface area contributed by atoms with Crippen molar-refractivity contribution in [2.45, 2.75) is 0 Å². The molecule has 4 rings (SSSR count). The minimum absolute atomic E-state index is 0.368. The lowest BCUT2D eigenvalue weighted by atomic mass is 10.2. The fourth-order valence-corrected chi connectivity index (χ4v) is 3.26. The molecular formula is C21H15N3S2. The summed E-state index contributed by atoms with van der Waals surface area (Å²) in [4.78, 5) is 0. The zero-order valence-electron chi connectivity index (χ0n) is 13.8. The molecule has 1 aromatic heterocycles. The number of benzene rings is 3. The zero-order chi connectivity index (χ0) is 17.9. The second-order valence-corrected chi connectivity index (χ2v) is 6.79. The molecule has 0 bridgehead atoms. The SMILES string of the molecule is S=C([S-])c1n(-c2ccccc2)nc(-c2ccccc2)[n+]1-c1ccccc1. The number of aromatic nitrogens is 3. The van der Waals surface area contributed by atoms with Crippen LogP contribution in [-0.2, 0) is 12.6 Å². The molecule has 1 heterocycles. The van der Waals surface area contributed by atoms with Crippen molar-refractivity contribution >= 4 is 29.0 Å². The van der Waals surface area contributed by atoms with Crippen molar-refractivity contribution in [3.05, 3.63) is 96.8 Å². The van der Waals surface area contributed by atoms with Crippen molar-refractivity contribution in [1.82, 2.24) is 9.78 Å². The van der Waals surface area contributed by atoms with Crippen LogP contribution in [0.15, 0.2) is 91.0 Å². The van der Waals surface area contributed by atoms with E-state index < -0.39 is 0 Å². The Morgan fingerprint density at radius 1 is 0.808 bits per heavy atom. The predicted octanol–water partition coefficient (Wildman–Crippen LogP) is 4.04. The molecule has 0 atom stereocenters. The fourth-order valence-electron chi connectivity index (χ4n) is 2.90. The van der Waals surface area contributed by atoms with Gasteiger partial charge in [-0.05, 0) is 40.6 Å². The third-order valence-corrected chi connectivity index (χ3v) is 4.41. The van der Waals surface area contributed by atoms with Crippen molar-refractivity contribution in [2.24, 2.45) is 0 Å².